The highest BCUT2D eigenvalue weighted by atomic mass is 79.9. The molecule has 0 amide bonds. The Morgan fingerprint density at radius 2 is 1.73 bits per heavy atom. The topological polar surface area (TPSA) is 104 Å². The fourth-order valence-electron chi connectivity index (χ4n) is 2.95. The van der Waals surface area contributed by atoms with E-state index in [4.69, 9.17) is 4.74 Å². The van der Waals surface area contributed by atoms with Crippen LogP contribution in [0.2, 0.25) is 0 Å². The van der Waals surface area contributed by atoms with Crippen molar-refractivity contribution >= 4 is 21.9 Å². The lowest BCUT2D eigenvalue weighted by molar-refractivity contribution is -0.280. The molecule has 4 rings (SSSR count). The summed E-state index contributed by atoms with van der Waals surface area (Å²) in [6.45, 7) is 0. The summed E-state index contributed by atoms with van der Waals surface area (Å²) >= 11 is 3.28. The SMILES string of the molecule is O=C1OC(c2c([O-])n(-c3ccc(Br)cc3)c(=O)[nH]c2=O)c2ccccc21. The number of halogens is 1. The van der Waals surface area contributed by atoms with Gasteiger partial charge in [-0.25, -0.2) is 9.59 Å². The summed E-state index contributed by atoms with van der Waals surface area (Å²) in [7, 11) is 0. The molecule has 1 aromatic heterocycles. The van der Waals surface area contributed by atoms with Crippen LogP contribution in [-0.4, -0.2) is 15.5 Å². The monoisotopic (exact) mass is 413 g/mol. The maximum atomic E-state index is 12.9. The lowest BCUT2D eigenvalue weighted by Gasteiger charge is -2.22. The van der Waals surface area contributed by atoms with Crippen molar-refractivity contribution in [1.29, 1.82) is 0 Å². The van der Waals surface area contributed by atoms with Gasteiger partial charge in [-0.1, -0.05) is 34.1 Å². The molecule has 1 aliphatic rings. The number of cyclic esters (lactones) is 1. The van der Waals surface area contributed by atoms with Crippen LogP contribution in [0, 0.1) is 0 Å². The average molecular weight is 414 g/mol. The number of fused-ring (bicyclic) bond motifs is 1. The van der Waals surface area contributed by atoms with Gasteiger partial charge in [0.2, 0.25) is 0 Å². The number of hydrogen-bond donors (Lipinski definition) is 1. The highest BCUT2D eigenvalue weighted by Crippen LogP contribution is 2.36. The van der Waals surface area contributed by atoms with Gasteiger partial charge in [-0.05, 0) is 36.2 Å². The zero-order chi connectivity index (χ0) is 18.4. The lowest BCUT2D eigenvalue weighted by Crippen LogP contribution is -2.35. The second-order valence-corrected chi connectivity index (χ2v) is 6.58. The number of carbonyl (C=O) groups is 1. The Labute approximate surface area is 154 Å². The van der Waals surface area contributed by atoms with E-state index in [2.05, 4.69) is 20.9 Å². The predicted molar refractivity (Wildman–Crippen MR) is 93.5 cm³/mol. The summed E-state index contributed by atoms with van der Waals surface area (Å²) in [6, 6.07) is 13.0. The van der Waals surface area contributed by atoms with Crippen LogP contribution in [0.3, 0.4) is 0 Å². The predicted octanol–water partition coefficient (Wildman–Crippen LogP) is 1.62. The van der Waals surface area contributed by atoms with Crippen LogP contribution in [-0.2, 0) is 4.74 Å². The Bertz CT molecular complexity index is 1150. The minimum absolute atomic E-state index is 0.290. The number of aromatic amines is 1. The zero-order valence-electron chi connectivity index (χ0n) is 13.1. The quantitative estimate of drug-likeness (QED) is 0.642. The van der Waals surface area contributed by atoms with Crippen molar-refractivity contribution in [3.8, 4) is 11.6 Å². The molecule has 26 heavy (non-hydrogen) atoms. The number of ether oxygens (including phenoxy) is 1. The minimum Gasteiger partial charge on any atom is -0.859 e. The molecule has 1 unspecified atom stereocenters. The van der Waals surface area contributed by atoms with Crippen LogP contribution >= 0.6 is 15.9 Å². The molecule has 8 heteroatoms. The molecule has 0 saturated heterocycles. The summed E-state index contributed by atoms with van der Waals surface area (Å²) in [5, 5.41) is 12.9. The van der Waals surface area contributed by atoms with Gasteiger partial charge in [0.25, 0.3) is 5.56 Å². The average Bonchev–Trinajstić information content (AvgIpc) is 2.93. The van der Waals surface area contributed by atoms with Crippen molar-refractivity contribution in [3.63, 3.8) is 0 Å². The second-order valence-electron chi connectivity index (χ2n) is 5.66. The van der Waals surface area contributed by atoms with Crippen molar-refractivity contribution in [1.82, 2.24) is 9.55 Å². The van der Waals surface area contributed by atoms with E-state index in [0.717, 1.165) is 9.04 Å². The van der Waals surface area contributed by atoms with Gasteiger partial charge in [0.1, 0.15) is 0 Å². The number of carbonyl (C=O) groups excluding carboxylic acids is 1. The van der Waals surface area contributed by atoms with Gasteiger partial charge in [0.05, 0.1) is 11.1 Å². The lowest BCUT2D eigenvalue weighted by atomic mass is 10.0. The number of esters is 1. The van der Waals surface area contributed by atoms with Crippen molar-refractivity contribution < 1.29 is 14.6 Å². The van der Waals surface area contributed by atoms with Crippen LogP contribution < -0.4 is 16.4 Å². The van der Waals surface area contributed by atoms with E-state index in [1.54, 1.807) is 48.5 Å². The molecule has 2 heterocycles. The van der Waals surface area contributed by atoms with E-state index in [1.165, 1.54) is 0 Å². The summed E-state index contributed by atoms with van der Waals surface area (Å²) < 4.78 is 6.86. The Hall–Kier alpha value is -3.13. The molecule has 0 fully saturated rings. The first-order chi connectivity index (χ1) is 12.5. The molecular formula is C18H10BrN2O5-. The standard InChI is InChI=1S/C18H11BrN2O5/c19-9-5-7-10(8-6-9)21-16(23)13(15(22)20-18(21)25)14-11-3-1-2-4-12(11)17(24)26-14/h1-8,14,23H,(H,20,22,25)/p-1. The molecule has 7 nitrogen and oxygen atoms in total. The molecular weight excluding hydrogens is 404 g/mol. The number of hydrogen-bond acceptors (Lipinski definition) is 5. The number of benzene rings is 2. The zero-order valence-corrected chi connectivity index (χ0v) is 14.6. The van der Waals surface area contributed by atoms with E-state index < -0.39 is 29.2 Å². The summed E-state index contributed by atoms with van der Waals surface area (Å²) in [5.41, 5.74) is -1.05. The molecule has 0 radical (unpaired) electrons. The first kappa shape index (κ1) is 16.3. The number of nitrogens with zero attached hydrogens (tertiary/aromatic N) is 1. The van der Waals surface area contributed by atoms with E-state index in [-0.39, 0.29) is 11.1 Å². The van der Waals surface area contributed by atoms with Gasteiger partial charge < -0.3 is 9.84 Å². The third kappa shape index (κ3) is 2.46. The Kier molecular flexibility index (Phi) is 3.77. The van der Waals surface area contributed by atoms with Crippen LogP contribution in [0.1, 0.15) is 27.6 Å². The summed E-state index contributed by atoms with van der Waals surface area (Å²) in [4.78, 5) is 38.7. The number of nitrogens with one attached hydrogen (secondary N) is 1. The fourth-order valence-corrected chi connectivity index (χ4v) is 3.21. The van der Waals surface area contributed by atoms with E-state index in [1.807, 2.05) is 0 Å². The molecule has 0 bridgehead atoms. The van der Waals surface area contributed by atoms with Crippen LogP contribution in [0.5, 0.6) is 5.88 Å². The number of H-pyrrole nitrogens is 1. The molecule has 0 aliphatic carbocycles. The molecule has 1 atom stereocenters. The summed E-state index contributed by atoms with van der Waals surface area (Å²) in [5.74, 6) is -1.44. The number of rotatable bonds is 2. The Morgan fingerprint density at radius 3 is 2.46 bits per heavy atom. The first-order valence-corrected chi connectivity index (χ1v) is 8.39. The smallest absolute Gasteiger partial charge is 0.339 e. The van der Waals surface area contributed by atoms with E-state index in [0.29, 0.717) is 11.3 Å². The van der Waals surface area contributed by atoms with Crippen LogP contribution in [0.4, 0.5) is 0 Å². The van der Waals surface area contributed by atoms with Crippen LogP contribution in [0.25, 0.3) is 5.69 Å². The van der Waals surface area contributed by atoms with Crippen molar-refractivity contribution in [2.75, 3.05) is 0 Å². The Morgan fingerprint density at radius 1 is 1.04 bits per heavy atom. The molecule has 2 aromatic carbocycles. The molecule has 130 valence electrons. The molecule has 0 spiro atoms. The largest absolute Gasteiger partial charge is 0.859 e. The van der Waals surface area contributed by atoms with E-state index >= 15 is 0 Å². The number of aromatic nitrogens is 2. The van der Waals surface area contributed by atoms with Crippen molar-refractivity contribution in [2.24, 2.45) is 0 Å². The molecule has 3 aromatic rings. The van der Waals surface area contributed by atoms with E-state index in [9.17, 15) is 19.5 Å². The van der Waals surface area contributed by atoms with Crippen molar-refractivity contribution in [2.45, 2.75) is 6.10 Å². The second kappa shape index (κ2) is 5.99. The molecule has 0 saturated carbocycles. The maximum Gasteiger partial charge on any atom is 0.339 e. The van der Waals surface area contributed by atoms with Gasteiger partial charge in [0, 0.05) is 15.7 Å². The van der Waals surface area contributed by atoms with Gasteiger partial charge >= 0.3 is 11.7 Å². The van der Waals surface area contributed by atoms with Gasteiger partial charge in [-0.15, -0.1) is 0 Å². The first-order valence-electron chi connectivity index (χ1n) is 7.59. The van der Waals surface area contributed by atoms with Crippen LogP contribution in [0.15, 0.2) is 62.6 Å². The van der Waals surface area contributed by atoms with Gasteiger partial charge in [-0.3, -0.25) is 14.3 Å². The summed E-state index contributed by atoms with van der Waals surface area (Å²) in [6.07, 6.45) is -1.16. The maximum absolute atomic E-state index is 12.9. The normalized spacial score (nSPS) is 15.6. The third-order valence-electron chi connectivity index (χ3n) is 4.14. The highest BCUT2D eigenvalue weighted by molar-refractivity contribution is 9.10. The molecule has 1 aliphatic heterocycles. The fraction of sp³-hybridized carbons (Fsp3) is 0.0556. The third-order valence-corrected chi connectivity index (χ3v) is 4.67. The molecule has 1 N–H and O–H groups in total. The van der Waals surface area contributed by atoms with Gasteiger partial charge in [-0.2, -0.15) is 0 Å². The van der Waals surface area contributed by atoms with Crippen molar-refractivity contribution in [3.05, 3.63) is 90.5 Å². The van der Waals surface area contributed by atoms with Gasteiger partial charge in [0.15, 0.2) is 6.10 Å². The Balaban J connectivity index is 1.96. The minimum atomic E-state index is -1.16. The highest BCUT2D eigenvalue weighted by Gasteiger charge is 2.34.